The number of likely N-dealkylation sites (tertiary alicyclic amines) is 1. The van der Waals surface area contributed by atoms with Crippen LogP contribution in [0.2, 0.25) is 0 Å². The first-order valence-corrected chi connectivity index (χ1v) is 6.71. The van der Waals surface area contributed by atoms with E-state index >= 15 is 0 Å². The van der Waals surface area contributed by atoms with Crippen molar-refractivity contribution in [2.45, 2.75) is 45.4 Å². The van der Waals surface area contributed by atoms with Crippen molar-refractivity contribution in [2.75, 3.05) is 19.6 Å². The van der Waals surface area contributed by atoms with Crippen molar-refractivity contribution in [3.05, 3.63) is 0 Å². The molecule has 1 aliphatic heterocycles. The van der Waals surface area contributed by atoms with E-state index < -0.39 is 0 Å². The lowest BCUT2D eigenvalue weighted by Gasteiger charge is -2.41. The first kappa shape index (κ1) is 11.9. The maximum Gasteiger partial charge on any atom is 0.230 e. The van der Waals surface area contributed by atoms with Gasteiger partial charge in [0.15, 0.2) is 0 Å². The lowest BCUT2D eigenvalue weighted by Crippen LogP contribution is -2.51. The van der Waals surface area contributed by atoms with E-state index in [-0.39, 0.29) is 5.41 Å². The average Bonchev–Trinajstić information content (AvgIpc) is 2.66. The van der Waals surface area contributed by atoms with Gasteiger partial charge in [-0.25, -0.2) is 0 Å². The summed E-state index contributed by atoms with van der Waals surface area (Å²) in [7, 11) is 0. The number of hydrogen-bond acceptors (Lipinski definition) is 2. The molecule has 3 heteroatoms. The molecule has 0 aromatic rings. The lowest BCUT2D eigenvalue weighted by atomic mass is 9.68. The Morgan fingerprint density at radius 3 is 2.75 bits per heavy atom. The summed E-state index contributed by atoms with van der Waals surface area (Å²) < 4.78 is 0. The zero-order chi connectivity index (χ0) is 11.6. The Morgan fingerprint density at radius 1 is 1.50 bits per heavy atom. The van der Waals surface area contributed by atoms with Gasteiger partial charge < -0.3 is 10.6 Å². The van der Waals surface area contributed by atoms with Crippen molar-refractivity contribution in [1.29, 1.82) is 0 Å². The minimum atomic E-state index is -0.166. The van der Waals surface area contributed by atoms with Crippen LogP contribution in [0, 0.1) is 11.3 Å². The Hall–Kier alpha value is -0.570. The Kier molecular flexibility index (Phi) is 3.53. The molecule has 3 nitrogen and oxygen atoms in total. The molecule has 1 saturated carbocycles. The second kappa shape index (κ2) is 4.74. The third kappa shape index (κ3) is 1.97. The number of rotatable bonds is 4. The first-order valence-electron chi connectivity index (χ1n) is 6.71. The van der Waals surface area contributed by atoms with Crippen LogP contribution in [0.4, 0.5) is 0 Å². The number of carbonyl (C=O) groups is 1. The first-order chi connectivity index (χ1) is 7.72. The summed E-state index contributed by atoms with van der Waals surface area (Å²) in [4.78, 5) is 14.5. The number of nitrogens with two attached hydrogens (primary N) is 1. The second-order valence-corrected chi connectivity index (χ2v) is 5.53. The minimum Gasteiger partial charge on any atom is -0.342 e. The lowest BCUT2D eigenvalue weighted by molar-refractivity contribution is -0.145. The molecule has 0 aromatic carbocycles. The Labute approximate surface area is 98.4 Å². The summed E-state index contributed by atoms with van der Waals surface area (Å²) >= 11 is 0. The van der Waals surface area contributed by atoms with E-state index in [4.69, 9.17) is 5.73 Å². The Balaban J connectivity index is 1.91. The highest BCUT2D eigenvalue weighted by Gasteiger charge is 2.46. The molecule has 2 rings (SSSR count). The summed E-state index contributed by atoms with van der Waals surface area (Å²) in [5.41, 5.74) is 5.62. The van der Waals surface area contributed by atoms with Crippen LogP contribution in [0.3, 0.4) is 0 Å². The van der Waals surface area contributed by atoms with E-state index in [1.807, 2.05) is 0 Å². The average molecular weight is 224 g/mol. The molecule has 2 aliphatic rings. The van der Waals surface area contributed by atoms with Crippen molar-refractivity contribution in [2.24, 2.45) is 17.1 Å². The maximum absolute atomic E-state index is 12.4. The summed E-state index contributed by atoms with van der Waals surface area (Å²) in [6, 6.07) is 0. The van der Waals surface area contributed by atoms with E-state index in [2.05, 4.69) is 11.8 Å². The van der Waals surface area contributed by atoms with Gasteiger partial charge in [0.05, 0.1) is 5.41 Å². The standard InChI is InChI=1S/C13H24N2O/c1-2-4-11-5-8-15(9-11)12(16)13(10-14)6-3-7-13/h11H,2-10,14H2,1H3. The molecule has 0 radical (unpaired) electrons. The summed E-state index contributed by atoms with van der Waals surface area (Å²) in [6.45, 7) is 4.71. The molecule has 1 unspecified atom stereocenters. The van der Waals surface area contributed by atoms with Gasteiger partial charge in [-0.2, -0.15) is 0 Å². The fraction of sp³-hybridized carbons (Fsp3) is 0.923. The molecular formula is C13H24N2O. The van der Waals surface area contributed by atoms with Gasteiger partial charge in [-0.3, -0.25) is 4.79 Å². The van der Waals surface area contributed by atoms with Gasteiger partial charge in [0.25, 0.3) is 0 Å². The zero-order valence-corrected chi connectivity index (χ0v) is 10.4. The van der Waals surface area contributed by atoms with E-state index in [9.17, 15) is 4.79 Å². The quantitative estimate of drug-likeness (QED) is 0.791. The van der Waals surface area contributed by atoms with Crippen LogP contribution < -0.4 is 5.73 Å². The third-order valence-corrected chi connectivity index (χ3v) is 4.43. The molecule has 92 valence electrons. The number of nitrogens with zero attached hydrogens (tertiary/aromatic N) is 1. The topological polar surface area (TPSA) is 46.3 Å². The SMILES string of the molecule is CCCC1CCN(C(=O)C2(CN)CCC2)C1. The monoisotopic (exact) mass is 224 g/mol. The molecule has 0 aromatic heterocycles. The highest BCUT2D eigenvalue weighted by atomic mass is 16.2. The largest absolute Gasteiger partial charge is 0.342 e. The van der Waals surface area contributed by atoms with E-state index in [1.54, 1.807) is 0 Å². The van der Waals surface area contributed by atoms with Gasteiger partial charge in [-0.1, -0.05) is 19.8 Å². The molecule has 2 fully saturated rings. The minimum absolute atomic E-state index is 0.166. The van der Waals surface area contributed by atoms with Crippen LogP contribution >= 0.6 is 0 Å². The van der Waals surface area contributed by atoms with Crippen molar-refractivity contribution < 1.29 is 4.79 Å². The van der Waals surface area contributed by atoms with Crippen molar-refractivity contribution in [3.63, 3.8) is 0 Å². The van der Waals surface area contributed by atoms with Gasteiger partial charge in [0.2, 0.25) is 5.91 Å². The van der Waals surface area contributed by atoms with Crippen LogP contribution in [0.1, 0.15) is 45.4 Å². The molecule has 1 amide bonds. The van der Waals surface area contributed by atoms with Crippen molar-refractivity contribution in [3.8, 4) is 0 Å². The van der Waals surface area contributed by atoms with E-state index in [1.165, 1.54) is 25.7 Å². The molecule has 0 spiro atoms. The molecule has 1 atom stereocenters. The zero-order valence-electron chi connectivity index (χ0n) is 10.4. The van der Waals surface area contributed by atoms with E-state index in [0.29, 0.717) is 12.5 Å². The van der Waals surface area contributed by atoms with E-state index in [0.717, 1.165) is 31.8 Å². The fourth-order valence-corrected chi connectivity index (χ4v) is 3.11. The molecule has 1 heterocycles. The molecule has 2 N–H and O–H groups in total. The fourth-order valence-electron chi connectivity index (χ4n) is 3.11. The van der Waals surface area contributed by atoms with Crippen LogP contribution in [0.25, 0.3) is 0 Å². The molecule has 1 aliphatic carbocycles. The molecular weight excluding hydrogens is 200 g/mol. The van der Waals surface area contributed by atoms with Gasteiger partial charge in [0.1, 0.15) is 0 Å². The number of hydrogen-bond donors (Lipinski definition) is 1. The number of amides is 1. The molecule has 0 bridgehead atoms. The van der Waals surface area contributed by atoms with Gasteiger partial charge in [-0.15, -0.1) is 0 Å². The van der Waals surface area contributed by atoms with Gasteiger partial charge in [0, 0.05) is 19.6 Å². The predicted molar refractivity (Wildman–Crippen MR) is 64.9 cm³/mol. The second-order valence-electron chi connectivity index (χ2n) is 5.53. The Bertz CT molecular complexity index is 255. The predicted octanol–water partition coefficient (Wildman–Crippen LogP) is 1.76. The van der Waals surface area contributed by atoms with Gasteiger partial charge in [-0.05, 0) is 31.6 Å². The van der Waals surface area contributed by atoms with Crippen LogP contribution in [-0.4, -0.2) is 30.4 Å². The normalized spacial score (nSPS) is 27.9. The summed E-state index contributed by atoms with van der Waals surface area (Å²) in [5, 5.41) is 0. The van der Waals surface area contributed by atoms with Crippen molar-refractivity contribution in [1.82, 2.24) is 4.90 Å². The van der Waals surface area contributed by atoms with Crippen LogP contribution in [-0.2, 0) is 4.79 Å². The summed E-state index contributed by atoms with van der Waals surface area (Å²) in [5.74, 6) is 1.09. The highest BCUT2D eigenvalue weighted by molar-refractivity contribution is 5.84. The van der Waals surface area contributed by atoms with Gasteiger partial charge >= 0.3 is 0 Å². The Morgan fingerprint density at radius 2 is 2.25 bits per heavy atom. The van der Waals surface area contributed by atoms with Crippen LogP contribution in [0.15, 0.2) is 0 Å². The number of carbonyl (C=O) groups excluding carboxylic acids is 1. The highest BCUT2D eigenvalue weighted by Crippen LogP contribution is 2.42. The maximum atomic E-state index is 12.4. The molecule has 1 saturated heterocycles. The van der Waals surface area contributed by atoms with Crippen molar-refractivity contribution >= 4 is 5.91 Å². The summed E-state index contributed by atoms with van der Waals surface area (Å²) in [6.07, 6.45) is 6.89. The molecule has 16 heavy (non-hydrogen) atoms. The van der Waals surface area contributed by atoms with Crippen LogP contribution in [0.5, 0.6) is 0 Å². The smallest absolute Gasteiger partial charge is 0.230 e. The third-order valence-electron chi connectivity index (χ3n) is 4.43.